The lowest BCUT2D eigenvalue weighted by atomic mass is 9.63. The van der Waals surface area contributed by atoms with Crippen LogP contribution in [0, 0.1) is 0 Å². The summed E-state index contributed by atoms with van der Waals surface area (Å²) in [6, 6.07) is 11.8. The molecule has 4 nitrogen and oxygen atoms in total. The molecular formula is C24H29NO3. The molecule has 0 amide bonds. The van der Waals surface area contributed by atoms with Crippen LogP contribution in [-0.2, 0) is 17.4 Å². The van der Waals surface area contributed by atoms with Gasteiger partial charge in [0.15, 0.2) is 0 Å². The molecule has 1 aliphatic carbocycles. The number of aromatic carboxylic acids is 1. The van der Waals surface area contributed by atoms with Crippen molar-refractivity contribution in [2.24, 2.45) is 0 Å². The molecular weight excluding hydrogens is 350 g/mol. The van der Waals surface area contributed by atoms with Gasteiger partial charge in [0.2, 0.25) is 0 Å². The van der Waals surface area contributed by atoms with Gasteiger partial charge in [0.1, 0.15) is 12.4 Å². The number of hydrogen-bond donors (Lipinski definition) is 1. The molecule has 0 bridgehead atoms. The first-order chi connectivity index (χ1) is 13.2. The maximum absolute atomic E-state index is 11.6. The zero-order valence-corrected chi connectivity index (χ0v) is 17.2. The van der Waals surface area contributed by atoms with E-state index in [4.69, 9.17) is 4.74 Å². The normalized spacial score (nSPS) is 19.4. The van der Waals surface area contributed by atoms with Crippen molar-refractivity contribution in [2.75, 3.05) is 18.1 Å². The van der Waals surface area contributed by atoms with Crippen LogP contribution in [0.15, 0.2) is 36.4 Å². The fourth-order valence-electron chi connectivity index (χ4n) is 4.57. The molecule has 2 aromatic carbocycles. The fraction of sp³-hybridized carbons (Fsp3) is 0.458. The Bertz CT molecular complexity index is 929. The lowest BCUT2D eigenvalue weighted by Gasteiger charge is -2.43. The summed E-state index contributed by atoms with van der Waals surface area (Å²) in [5.41, 5.74) is 5.33. The van der Waals surface area contributed by atoms with Crippen LogP contribution in [0.25, 0.3) is 0 Å². The summed E-state index contributed by atoms with van der Waals surface area (Å²) in [7, 11) is 0. The molecule has 0 radical (unpaired) electrons. The Morgan fingerprint density at radius 1 is 1.07 bits per heavy atom. The molecule has 148 valence electrons. The highest BCUT2D eigenvalue weighted by Gasteiger charge is 2.38. The van der Waals surface area contributed by atoms with Gasteiger partial charge < -0.3 is 14.7 Å². The number of carboxylic acid groups (broad SMARTS) is 1. The van der Waals surface area contributed by atoms with Crippen LogP contribution in [0.5, 0.6) is 5.75 Å². The van der Waals surface area contributed by atoms with E-state index in [1.165, 1.54) is 17.5 Å². The molecule has 28 heavy (non-hydrogen) atoms. The predicted octanol–water partition coefficient (Wildman–Crippen LogP) is 5.13. The molecule has 2 aromatic rings. The molecule has 0 aromatic heterocycles. The molecule has 0 spiro atoms. The van der Waals surface area contributed by atoms with Gasteiger partial charge in [0.05, 0.1) is 17.8 Å². The number of anilines is 1. The average Bonchev–Trinajstić information content (AvgIpc) is 2.65. The molecule has 1 N–H and O–H groups in total. The SMILES string of the molecule is CC1(C)CCC(C)(C)c2cc3c(cc21)OCCN3Cc1ccccc1C(=O)O. The Morgan fingerprint density at radius 3 is 2.39 bits per heavy atom. The van der Waals surface area contributed by atoms with E-state index in [-0.39, 0.29) is 10.8 Å². The van der Waals surface area contributed by atoms with E-state index in [0.717, 1.165) is 30.0 Å². The molecule has 0 atom stereocenters. The highest BCUT2D eigenvalue weighted by Crippen LogP contribution is 2.49. The number of hydrogen-bond acceptors (Lipinski definition) is 3. The summed E-state index contributed by atoms with van der Waals surface area (Å²) >= 11 is 0. The predicted molar refractivity (Wildman–Crippen MR) is 112 cm³/mol. The number of benzene rings is 2. The number of nitrogens with zero attached hydrogens (tertiary/aromatic N) is 1. The number of fused-ring (bicyclic) bond motifs is 2. The molecule has 0 saturated carbocycles. The maximum Gasteiger partial charge on any atom is 0.336 e. The smallest absolute Gasteiger partial charge is 0.336 e. The molecule has 4 rings (SSSR count). The molecule has 2 aliphatic rings. The van der Waals surface area contributed by atoms with Gasteiger partial charge in [-0.15, -0.1) is 0 Å². The van der Waals surface area contributed by atoms with Gasteiger partial charge in [-0.25, -0.2) is 4.79 Å². The van der Waals surface area contributed by atoms with Crippen LogP contribution in [0.2, 0.25) is 0 Å². The number of carbonyl (C=O) groups is 1. The Labute approximate surface area is 167 Å². The zero-order chi connectivity index (χ0) is 20.1. The van der Waals surface area contributed by atoms with Crippen LogP contribution >= 0.6 is 0 Å². The first-order valence-electron chi connectivity index (χ1n) is 10.1. The van der Waals surface area contributed by atoms with E-state index in [1.54, 1.807) is 12.1 Å². The van der Waals surface area contributed by atoms with E-state index in [9.17, 15) is 9.90 Å². The van der Waals surface area contributed by atoms with Crippen LogP contribution in [0.3, 0.4) is 0 Å². The Hall–Kier alpha value is -2.49. The first kappa shape index (κ1) is 18.9. The van der Waals surface area contributed by atoms with Gasteiger partial charge >= 0.3 is 5.97 Å². The lowest BCUT2D eigenvalue weighted by molar-refractivity contribution is 0.0695. The first-order valence-corrected chi connectivity index (χ1v) is 10.1. The van der Waals surface area contributed by atoms with Crippen molar-refractivity contribution in [3.05, 3.63) is 58.7 Å². The maximum atomic E-state index is 11.6. The van der Waals surface area contributed by atoms with Crippen molar-refractivity contribution in [1.29, 1.82) is 0 Å². The van der Waals surface area contributed by atoms with Crippen molar-refractivity contribution >= 4 is 11.7 Å². The lowest BCUT2D eigenvalue weighted by Crippen LogP contribution is -2.37. The molecule has 0 unspecified atom stereocenters. The molecule has 0 fully saturated rings. The third-order valence-corrected chi connectivity index (χ3v) is 6.50. The second kappa shape index (κ2) is 6.54. The van der Waals surface area contributed by atoms with Crippen molar-refractivity contribution in [2.45, 2.75) is 57.9 Å². The monoisotopic (exact) mass is 379 g/mol. The molecule has 4 heteroatoms. The van der Waals surface area contributed by atoms with Crippen LogP contribution in [-0.4, -0.2) is 24.2 Å². The summed E-state index contributed by atoms with van der Waals surface area (Å²) < 4.78 is 6.04. The third kappa shape index (κ3) is 3.15. The number of carboxylic acids is 1. The van der Waals surface area contributed by atoms with Crippen molar-refractivity contribution in [1.82, 2.24) is 0 Å². The van der Waals surface area contributed by atoms with Crippen molar-refractivity contribution < 1.29 is 14.6 Å². The Balaban J connectivity index is 1.78. The second-order valence-corrected chi connectivity index (χ2v) is 9.37. The van der Waals surface area contributed by atoms with E-state index in [0.29, 0.717) is 18.7 Å². The van der Waals surface area contributed by atoms with Gasteiger partial charge in [-0.1, -0.05) is 45.9 Å². The fourth-order valence-corrected chi connectivity index (χ4v) is 4.57. The Kier molecular flexibility index (Phi) is 4.40. The van der Waals surface area contributed by atoms with Crippen LogP contribution in [0.4, 0.5) is 5.69 Å². The van der Waals surface area contributed by atoms with Gasteiger partial charge in [-0.05, 0) is 58.6 Å². The minimum Gasteiger partial charge on any atom is -0.490 e. The van der Waals surface area contributed by atoms with Gasteiger partial charge in [-0.2, -0.15) is 0 Å². The third-order valence-electron chi connectivity index (χ3n) is 6.50. The van der Waals surface area contributed by atoms with Crippen molar-refractivity contribution in [3.8, 4) is 5.75 Å². The topological polar surface area (TPSA) is 49.8 Å². The minimum absolute atomic E-state index is 0.127. The quantitative estimate of drug-likeness (QED) is 0.803. The number of ether oxygens (including phenoxy) is 1. The number of rotatable bonds is 3. The van der Waals surface area contributed by atoms with Crippen LogP contribution in [0.1, 0.15) is 67.6 Å². The Morgan fingerprint density at radius 2 is 1.71 bits per heavy atom. The molecule has 1 aliphatic heterocycles. The van der Waals surface area contributed by atoms with E-state index in [1.807, 2.05) is 12.1 Å². The summed E-state index contributed by atoms with van der Waals surface area (Å²) in [4.78, 5) is 13.9. The van der Waals surface area contributed by atoms with Crippen molar-refractivity contribution in [3.63, 3.8) is 0 Å². The van der Waals surface area contributed by atoms with E-state index >= 15 is 0 Å². The minimum atomic E-state index is -0.877. The van der Waals surface area contributed by atoms with E-state index in [2.05, 4.69) is 44.7 Å². The van der Waals surface area contributed by atoms with E-state index < -0.39 is 5.97 Å². The van der Waals surface area contributed by atoms with Crippen LogP contribution < -0.4 is 9.64 Å². The highest BCUT2D eigenvalue weighted by molar-refractivity contribution is 5.89. The average molecular weight is 380 g/mol. The largest absolute Gasteiger partial charge is 0.490 e. The van der Waals surface area contributed by atoms with Gasteiger partial charge in [0, 0.05) is 6.54 Å². The summed E-state index contributed by atoms with van der Waals surface area (Å²) in [6.07, 6.45) is 2.33. The van der Waals surface area contributed by atoms with Gasteiger partial charge in [-0.3, -0.25) is 0 Å². The highest BCUT2D eigenvalue weighted by atomic mass is 16.5. The summed E-state index contributed by atoms with van der Waals surface area (Å²) in [5, 5.41) is 9.53. The summed E-state index contributed by atoms with van der Waals surface area (Å²) in [6.45, 7) is 11.2. The standard InChI is InChI=1S/C24H29NO3/c1-23(2)9-10-24(3,4)19-14-21-20(13-18(19)23)25(11-12-28-21)15-16-7-5-6-8-17(16)22(26)27/h5-8,13-14H,9-12,15H2,1-4H3,(H,26,27). The second-order valence-electron chi connectivity index (χ2n) is 9.37. The molecule has 0 saturated heterocycles. The summed E-state index contributed by atoms with van der Waals surface area (Å²) in [5.74, 6) is 0.0426. The van der Waals surface area contributed by atoms with Gasteiger partial charge in [0.25, 0.3) is 0 Å². The molecule has 1 heterocycles. The zero-order valence-electron chi connectivity index (χ0n) is 17.2.